The predicted octanol–water partition coefficient (Wildman–Crippen LogP) is 3.90. The Balaban J connectivity index is 5.44. The van der Waals surface area contributed by atoms with E-state index in [2.05, 4.69) is 9.78 Å². The zero-order chi connectivity index (χ0) is 16.0. The topological polar surface area (TPSA) is 58.9 Å². The van der Waals surface area contributed by atoms with Gasteiger partial charge in [-0.3, -0.25) is 9.65 Å². The van der Waals surface area contributed by atoms with Gasteiger partial charge in [0.1, 0.15) is 12.4 Å². The first kappa shape index (κ1) is 19.1. The van der Waals surface area contributed by atoms with Crippen LogP contribution in [0.5, 0.6) is 0 Å². The maximum Gasteiger partial charge on any atom is 0.281 e. The third kappa shape index (κ3) is 6.49. The Morgan fingerprint density at radius 3 is 2.10 bits per heavy atom. The van der Waals surface area contributed by atoms with Gasteiger partial charge in [-0.05, 0) is 12.8 Å². The number of halogens is 5. The standard InChI is InChI=1S/C11H17F5O4/c1-7(4-12)3-9(20-18)8(5-19-17)11(15,16)6-10(2,13)14/h7,17-18H,3-6H2,1-2H3/b9-8-. The fourth-order valence-corrected chi connectivity index (χ4v) is 1.54. The van der Waals surface area contributed by atoms with Gasteiger partial charge < -0.3 is 4.89 Å². The zero-order valence-corrected chi connectivity index (χ0v) is 11.0. The molecular formula is C11H17F5O4. The van der Waals surface area contributed by atoms with E-state index in [1.54, 1.807) is 0 Å². The van der Waals surface area contributed by atoms with E-state index in [4.69, 9.17) is 10.5 Å². The highest BCUT2D eigenvalue weighted by molar-refractivity contribution is 5.19. The molecule has 0 aliphatic rings. The Bertz CT molecular complexity index is 327. The molecule has 1 unspecified atom stereocenters. The van der Waals surface area contributed by atoms with Crippen molar-refractivity contribution < 1.29 is 42.2 Å². The molecule has 0 bridgehead atoms. The highest BCUT2D eigenvalue weighted by Crippen LogP contribution is 2.38. The van der Waals surface area contributed by atoms with Crippen LogP contribution < -0.4 is 0 Å². The molecule has 0 spiro atoms. The molecule has 0 aromatic heterocycles. The van der Waals surface area contributed by atoms with Crippen LogP contribution in [0.4, 0.5) is 22.0 Å². The molecule has 20 heavy (non-hydrogen) atoms. The van der Waals surface area contributed by atoms with Crippen LogP contribution in [0.25, 0.3) is 0 Å². The van der Waals surface area contributed by atoms with Crippen LogP contribution in [0.2, 0.25) is 0 Å². The highest BCUT2D eigenvalue weighted by atomic mass is 19.3. The van der Waals surface area contributed by atoms with Crippen molar-refractivity contribution in [3.05, 3.63) is 11.3 Å². The van der Waals surface area contributed by atoms with Crippen LogP contribution in [0.15, 0.2) is 11.3 Å². The quantitative estimate of drug-likeness (QED) is 0.293. The molecule has 0 aliphatic heterocycles. The lowest BCUT2D eigenvalue weighted by molar-refractivity contribution is -0.246. The first-order valence-corrected chi connectivity index (χ1v) is 5.69. The molecule has 0 saturated heterocycles. The van der Waals surface area contributed by atoms with Gasteiger partial charge in [0.2, 0.25) is 0 Å². The van der Waals surface area contributed by atoms with Crippen molar-refractivity contribution in [3.8, 4) is 0 Å². The number of allylic oxidation sites excluding steroid dienone is 1. The summed E-state index contributed by atoms with van der Waals surface area (Å²) in [6.45, 7) is -0.418. The monoisotopic (exact) mass is 308 g/mol. The molecule has 0 saturated carbocycles. The summed E-state index contributed by atoms with van der Waals surface area (Å²) in [4.78, 5) is 7.27. The number of hydrogen-bond donors (Lipinski definition) is 2. The van der Waals surface area contributed by atoms with Gasteiger partial charge in [-0.15, -0.1) is 0 Å². The molecule has 0 aromatic rings. The molecule has 1 atom stereocenters. The summed E-state index contributed by atoms with van der Waals surface area (Å²) >= 11 is 0. The molecule has 0 rings (SSSR count). The van der Waals surface area contributed by atoms with Gasteiger partial charge in [-0.25, -0.2) is 27.7 Å². The fraction of sp³-hybridized carbons (Fsp3) is 0.818. The molecule has 0 heterocycles. The Hall–Kier alpha value is -0.930. The van der Waals surface area contributed by atoms with Crippen molar-refractivity contribution in [2.24, 2.45) is 5.92 Å². The molecule has 0 amide bonds. The minimum Gasteiger partial charge on any atom is -0.344 e. The van der Waals surface area contributed by atoms with Gasteiger partial charge >= 0.3 is 0 Å². The van der Waals surface area contributed by atoms with Crippen molar-refractivity contribution in [2.75, 3.05) is 13.3 Å². The molecule has 0 aliphatic carbocycles. The number of hydrogen-bond acceptors (Lipinski definition) is 4. The first-order valence-electron chi connectivity index (χ1n) is 5.69. The lowest BCUT2D eigenvalue weighted by Gasteiger charge is -2.24. The van der Waals surface area contributed by atoms with E-state index < -0.39 is 55.2 Å². The lowest BCUT2D eigenvalue weighted by atomic mass is 9.97. The SMILES string of the molecule is CC(CF)C/C(OO)=C(\COO)C(F)(F)CC(C)(F)F. The van der Waals surface area contributed by atoms with Crippen molar-refractivity contribution in [1.82, 2.24) is 0 Å². The largest absolute Gasteiger partial charge is 0.344 e. The summed E-state index contributed by atoms with van der Waals surface area (Å²) in [6.07, 6.45) is -2.33. The van der Waals surface area contributed by atoms with E-state index >= 15 is 0 Å². The highest BCUT2D eigenvalue weighted by Gasteiger charge is 2.45. The van der Waals surface area contributed by atoms with Crippen LogP contribution in [0, 0.1) is 5.92 Å². The van der Waals surface area contributed by atoms with Crippen LogP contribution in [-0.4, -0.2) is 35.6 Å². The minimum absolute atomic E-state index is 0.294. The van der Waals surface area contributed by atoms with Gasteiger partial charge in [0, 0.05) is 6.42 Å². The smallest absolute Gasteiger partial charge is 0.281 e. The van der Waals surface area contributed by atoms with E-state index in [0.29, 0.717) is 6.92 Å². The summed E-state index contributed by atoms with van der Waals surface area (Å²) in [7, 11) is 0. The minimum atomic E-state index is -4.10. The van der Waals surface area contributed by atoms with Crippen LogP contribution in [0.1, 0.15) is 26.7 Å². The third-order valence-electron chi connectivity index (χ3n) is 2.43. The molecule has 0 aromatic carbocycles. The molecule has 9 heteroatoms. The molecule has 4 nitrogen and oxygen atoms in total. The van der Waals surface area contributed by atoms with Gasteiger partial charge in [-0.1, -0.05) is 6.92 Å². The number of rotatable bonds is 9. The van der Waals surface area contributed by atoms with Crippen molar-refractivity contribution in [2.45, 2.75) is 38.5 Å². The Kier molecular flexibility index (Phi) is 7.39. The van der Waals surface area contributed by atoms with Crippen LogP contribution >= 0.6 is 0 Å². The van der Waals surface area contributed by atoms with Crippen molar-refractivity contribution >= 4 is 0 Å². The normalized spacial score (nSPS) is 15.8. The van der Waals surface area contributed by atoms with E-state index in [0.717, 1.165) is 0 Å². The first-order chi connectivity index (χ1) is 9.07. The third-order valence-corrected chi connectivity index (χ3v) is 2.43. The number of alkyl halides is 5. The molecule has 0 fully saturated rings. The van der Waals surface area contributed by atoms with Crippen molar-refractivity contribution in [1.29, 1.82) is 0 Å². The molecule has 0 radical (unpaired) electrons. The average Bonchev–Trinajstić information content (AvgIpc) is 2.30. The average molecular weight is 308 g/mol. The van der Waals surface area contributed by atoms with E-state index in [9.17, 15) is 22.0 Å². The van der Waals surface area contributed by atoms with E-state index in [-0.39, 0.29) is 0 Å². The second-order valence-corrected chi connectivity index (χ2v) is 4.68. The molecule has 2 N–H and O–H groups in total. The maximum absolute atomic E-state index is 13.7. The summed E-state index contributed by atoms with van der Waals surface area (Å²) in [5.41, 5.74) is -1.16. The second kappa shape index (κ2) is 7.75. The zero-order valence-electron chi connectivity index (χ0n) is 11.0. The fourth-order valence-electron chi connectivity index (χ4n) is 1.54. The summed E-state index contributed by atoms with van der Waals surface area (Å²) in [5, 5.41) is 16.9. The van der Waals surface area contributed by atoms with E-state index in [1.165, 1.54) is 6.92 Å². The van der Waals surface area contributed by atoms with Crippen molar-refractivity contribution in [3.63, 3.8) is 0 Å². The summed E-state index contributed by atoms with van der Waals surface area (Å²) in [6, 6.07) is 0. The van der Waals surface area contributed by atoms with Crippen LogP contribution in [0.3, 0.4) is 0 Å². The van der Waals surface area contributed by atoms with Gasteiger partial charge in [0.05, 0.1) is 18.7 Å². The maximum atomic E-state index is 13.7. The summed E-state index contributed by atoms with van der Waals surface area (Å²) < 4.78 is 65.3. The molecular weight excluding hydrogens is 291 g/mol. The predicted molar refractivity (Wildman–Crippen MR) is 59.3 cm³/mol. The second-order valence-electron chi connectivity index (χ2n) is 4.68. The van der Waals surface area contributed by atoms with E-state index in [1.807, 2.05) is 0 Å². The summed E-state index contributed by atoms with van der Waals surface area (Å²) in [5.74, 6) is -9.40. The van der Waals surface area contributed by atoms with Gasteiger partial charge in [0.25, 0.3) is 11.8 Å². The Morgan fingerprint density at radius 2 is 1.75 bits per heavy atom. The van der Waals surface area contributed by atoms with Gasteiger partial charge in [0.15, 0.2) is 0 Å². The Morgan fingerprint density at radius 1 is 1.20 bits per heavy atom. The Labute approximate surface area is 112 Å². The van der Waals surface area contributed by atoms with Gasteiger partial charge in [-0.2, -0.15) is 0 Å². The molecule has 120 valence electrons. The van der Waals surface area contributed by atoms with Crippen LogP contribution in [-0.2, 0) is 9.78 Å². The lowest BCUT2D eigenvalue weighted by Crippen LogP contribution is -2.32.